The molecule has 2 N–H and O–H groups in total. The summed E-state index contributed by atoms with van der Waals surface area (Å²) in [6.07, 6.45) is -0.467. The van der Waals surface area contributed by atoms with Crippen molar-refractivity contribution in [1.82, 2.24) is 0 Å². The summed E-state index contributed by atoms with van der Waals surface area (Å²) >= 11 is 3.58. The van der Waals surface area contributed by atoms with Gasteiger partial charge in [-0.25, -0.2) is 0 Å². The van der Waals surface area contributed by atoms with E-state index in [9.17, 15) is 5.11 Å². The predicted octanol–water partition coefficient (Wildman–Crippen LogP) is 4.42. The number of benzene rings is 2. The van der Waals surface area contributed by atoms with Gasteiger partial charge in [-0.3, -0.25) is 0 Å². The van der Waals surface area contributed by atoms with Crippen LogP contribution in [0.3, 0.4) is 0 Å². The highest BCUT2D eigenvalue weighted by Gasteiger charge is 2.07. The van der Waals surface area contributed by atoms with Gasteiger partial charge in [-0.05, 0) is 37.1 Å². The summed E-state index contributed by atoms with van der Waals surface area (Å²) < 4.78 is 1.11. The van der Waals surface area contributed by atoms with E-state index in [-0.39, 0.29) is 0 Å². The van der Waals surface area contributed by atoms with Crippen molar-refractivity contribution < 1.29 is 5.11 Å². The van der Waals surface area contributed by atoms with E-state index in [1.165, 1.54) is 11.1 Å². The van der Waals surface area contributed by atoms with Gasteiger partial charge in [0.1, 0.15) is 0 Å². The largest absolute Gasteiger partial charge is 0.389 e. The Labute approximate surface area is 122 Å². The molecule has 0 fully saturated rings. The first-order valence-electron chi connectivity index (χ1n) is 6.34. The van der Waals surface area contributed by atoms with E-state index in [0.717, 1.165) is 22.3 Å². The van der Waals surface area contributed by atoms with Crippen molar-refractivity contribution in [1.29, 1.82) is 0 Å². The molecule has 0 aliphatic heterocycles. The summed E-state index contributed by atoms with van der Waals surface area (Å²) in [7, 11) is 0. The van der Waals surface area contributed by atoms with Crippen molar-refractivity contribution in [3.63, 3.8) is 0 Å². The van der Waals surface area contributed by atoms with Crippen LogP contribution in [0.4, 0.5) is 5.69 Å². The molecular weight excluding hydrogens is 302 g/mol. The van der Waals surface area contributed by atoms with Crippen LogP contribution in [0.5, 0.6) is 0 Å². The molecule has 1 unspecified atom stereocenters. The van der Waals surface area contributed by atoms with Crippen LogP contribution in [0.15, 0.2) is 46.9 Å². The molecule has 0 aliphatic rings. The summed E-state index contributed by atoms with van der Waals surface area (Å²) in [5, 5.41) is 13.1. The van der Waals surface area contributed by atoms with Gasteiger partial charge in [0.05, 0.1) is 6.10 Å². The zero-order valence-corrected chi connectivity index (χ0v) is 12.7. The Hall–Kier alpha value is -1.32. The number of hydrogen-bond donors (Lipinski definition) is 2. The molecular formula is C16H18BrNO. The molecule has 0 radical (unpaired) electrons. The van der Waals surface area contributed by atoms with Gasteiger partial charge in [0, 0.05) is 22.3 Å². The predicted molar refractivity (Wildman–Crippen MR) is 83.3 cm³/mol. The monoisotopic (exact) mass is 319 g/mol. The van der Waals surface area contributed by atoms with Crippen LogP contribution in [0.2, 0.25) is 0 Å². The first-order chi connectivity index (χ1) is 9.08. The number of aryl methyl sites for hydroxylation is 1. The second-order valence-electron chi connectivity index (χ2n) is 4.71. The molecule has 2 aromatic carbocycles. The third-order valence-electron chi connectivity index (χ3n) is 3.09. The number of aliphatic hydroxyl groups excluding tert-OH is 1. The maximum absolute atomic E-state index is 9.74. The summed E-state index contributed by atoms with van der Waals surface area (Å²) in [6, 6.07) is 14.2. The van der Waals surface area contributed by atoms with Gasteiger partial charge >= 0.3 is 0 Å². The SMILES string of the molecule is Cc1ccc(CNc2ccccc2C(C)O)c(Br)c1. The van der Waals surface area contributed by atoms with Crippen LogP contribution in [0, 0.1) is 6.92 Å². The van der Waals surface area contributed by atoms with Crippen LogP contribution >= 0.6 is 15.9 Å². The fourth-order valence-corrected chi connectivity index (χ4v) is 2.64. The number of rotatable bonds is 4. The average molecular weight is 320 g/mol. The Balaban J connectivity index is 2.14. The van der Waals surface area contributed by atoms with Crippen molar-refractivity contribution in [2.24, 2.45) is 0 Å². The van der Waals surface area contributed by atoms with Crippen molar-refractivity contribution >= 4 is 21.6 Å². The summed E-state index contributed by atoms with van der Waals surface area (Å²) in [5.74, 6) is 0. The number of nitrogens with one attached hydrogen (secondary N) is 1. The smallest absolute Gasteiger partial charge is 0.0781 e. The summed E-state index contributed by atoms with van der Waals surface area (Å²) in [4.78, 5) is 0. The molecule has 0 amide bonds. The molecule has 19 heavy (non-hydrogen) atoms. The second kappa shape index (κ2) is 6.22. The molecule has 0 aliphatic carbocycles. The Morgan fingerprint density at radius 3 is 2.63 bits per heavy atom. The van der Waals surface area contributed by atoms with Crippen LogP contribution < -0.4 is 5.32 Å². The molecule has 0 heterocycles. The highest BCUT2D eigenvalue weighted by atomic mass is 79.9. The second-order valence-corrected chi connectivity index (χ2v) is 5.57. The standard InChI is InChI=1S/C16H18BrNO/c1-11-7-8-13(15(17)9-11)10-18-16-6-4-3-5-14(16)12(2)19/h3-9,12,18-19H,10H2,1-2H3. The maximum Gasteiger partial charge on any atom is 0.0781 e. The van der Waals surface area contributed by atoms with E-state index in [2.05, 4.69) is 46.4 Å². The molecule has 0 aromatic heterocycles. The van der Waals surface area contributed by atoms with E-state index >= 15 is 0 Å². The molecule has 2 nitrogen and oxygen atoms in total. The molecule has 3 heteroatoms. The van der Waals surface area contributed by atoms with E-state index in [1.807, 2.05) is 24.3 Å². The van der Waals surface area contributed by atoms with Crippen molar-refractivity contribution in [2.75, 3.05) is 5.32 Å². The molecule has 0 saturated carbocycles. The van der Waals surface area contributed by atoms with Crippen molar-refractivity contribution in [3.8, 4) is 0 Å². The number of anilines is 1. The van der Waals surface area contributed by atoms with E-state index in [1.54, 1.807) is 6.92 Å². The molecule has 2 rings (SSSR count). The van der Waals surface area contributed by atoms with Gasteiger partial charge in [-0.15, -0.1) is 0 Å². The third kappa shape index (κ3) is 3.58. The Morgan fingerprint density at radius 1 is 1.21 bits per heavy atom. The van der Waals surface area contributed by atoms with Gasteiger partial charge < -0.3 is 10.4 Å². The van der Waals surface area contributed by atoms with Crippen LogP contribution in [-0.2, 0) is 6.54 Å². The third-order valence-corrected chi connectivity index (χ3v) is 3.83. The van der Waals surface area contributed by atoms with E-state index in [0.29, 0.717) is 0 Å². The number of para-hydroxylation sites is 1. The summed E-state index contributed by atoms with van der Waals surface area (Å²) in [6.45, 7) is 4.58. The van der Waals surface area contributed by atoms with Gasteiger partial charge in [0.2, 0.25) is 0 Å². The van der Waals surface area contributed by atoms with Gasteiger partial charge in [-0.1, -0.05) is 46.3 Å². The molecule has 0 bridgehead atoms. The molecule has 1 atom stereocenters. The van der Waals surface area contributed by atoms with Gasteiger partial charge in [0.15, 0.2) is 0 Å². The Kier molecular flexibility index (Phi) is 4.61. The maximum atomic E-state index is 9.74. The lowest BCUT2D eigenvalue weighted by Crippen LogP contribution is -2.04. The Bertz CT molecular complexity index is 566. The van der Waals surface area contributed by atoms with Gasteiger partial charge in [-0.2, -0.15) is 0 Å². The van der Waals surface area contributed by atoms with Crippen molar-refractivity contribution in [3.05, 3.63) is 63.6 Å². The first kappa shape index (κ1) is 14.1. The first-order valence-corrected chi connectivity index (χ1v) is 7.13. The molecule has 100 valence electrons. The summed E-state index contributed by atoms with van der Waals surface area (Å²) in [5.41, 5.74) is 4.33. The highest BCUT2D eigenvalue weighted by Crippen LogP contribution is 2.24. The lowest BCUT2D eigenvalue weighted by Gasteiger charge is -2.14. The minimum absolute atomic E-state index is 0.467. The van der Waals surface area contributed by atoms with Crippen LogP contribution in [-0.4, -0.2) is 5.11 Å². The molecule has 0 spiro atoms. The van der Waals surface area contributed by atoms with Crippen LogP contribution in [0.1, 0.15) is 29.7 Å². The van der Waals surface area contributed by atoms with Gasteiger partial charge in [0.25, 0.3) is 0 Å². The zero-order valence-electron chi connectivity index (χ0n) is 11.2. The normalized spacial score (nSPS) is 12.2. The lowest BCUT2D eigenvalue weighted by molar-refractivity contribution is 0.200. The number of aliphatic hydroxyl groups is 1. The minimum Gasteiger partial charge on any atom is -0.389 e. The molecule has 0 saturated heterocycles. The van der Waals surface area contributed by atoms with Crippen LogP contribution in [0.25, 0.3) is 0 Å². The fraction of sp³-hybridized carbons (Fsp3) is 0.250. The number of halogens is 1. The lowest BCUT2D eigenvalue weighted by atomic mass is 10.1. The van der Waals surface area contributed by atoms with E-state index < -0.39 is 6.10 Å². The number of hydrogen-bond acceptors (Lipinski definition) is 2. The Morgan fingerprint density at radius 2 is 1.95 bits per heavy atom. The molecule has 2 aromatic rings. The highest BCUT2D eigenvalue weighted by molar-refractivity contribution is 9.10. The average Bonchev–Trinajstić information content (AvgIpc) is 2.38. The minimum atomic E-state index is -0.467. The zero-order chi connectivity index (χ0) is 13.8. The topological polar surface area (TPSA) is 32.3 Å². The van der Waals surface area contributed by atoms with E-state index in [4.69, 9.17) is 0 Å². The fourth-order valence-electron chi connectivity index (χ4n) is 2.01. The van der Waals surface area contributed by atoms with Crippen molar-refractivity contribution in [2.45, 2.75) is 26.5 Å². The quantitative estimate of drug-likeness (QED) is 0.874.